The van der Waals surface area contributed by atoms with Gasteiger partial charge in [0.25, 0.3) is 5.56 Å². The van der Waals surface area contributed by atoms with Crippen molar-refractivity contribution in [2.75, 3.05) is 19.8 Å². The van der Waals surface area contributed by atoms with E-state index in [1.54, 1.807) is 0 Å². The second-order valence-corrected chi connectivity index (χ2v) is 8.10. The molecule has 0 bridgehead atoms. The molecule has 2 aliphatic heterocycles. The zero-order chi connectivity index (χ0) is 18.2. The van der Waals surface area contributed by atoms with Gasteiger partial charge in [-0.05, 0) is 29.6 Å². The van der Waals surface area contributed by atoms with Crippen LogP contribution in [0.25, 0.3) is 10.2 Å². The number of H-pyrrole nitrogens is 1. The van der Waals surface area contributed by atoms with Crippen LogP contribution >= 0.6 is 11.3 Å². The van der Waals surface area contributed by atoms with E-state index < -0.39 is 0 Å². The molecule has 5 rings (SSSR count). The van der Waals surface area contributed by atoms with Crippen LogP contribution in [0.3, 0.4) is 0 Å². The second kappa shape index (κ2) is 6.98. The lowest BCUT2D eigenvalue weighted by Gasteiger charge is -2.22. The smallest absolute Gasteiger partial charge is 0.269 e. The summed E-state index contributed by atoms with van der Waals surface area (Å²) < 4.78 is 12.3. The minimum Gasteiger partial charge on any atom is -0.490 e. The molecule has 0 radical (unpaired) electrons. The summed E-state index contributed by atoms with van der Waals surface area (Å²) in [4.78, 5) is 21.3. The lowest BCUT2D eigenvalue weighted by molar-refractivity contribution is -0.932. The molecule has 6 nitrogen and oxygen atoms in total. The van der Waals surface area contributed by atoms with Gasteiger partial charge < -0.3 is 19.4 Å². The summed E-state index contributed by atoms with van der Waals surface area (Å²) in [7, 11) is 0. The zero-order valence-electron chi connectivity index (χ0n) is 15.0. The fourth-order valence-corrected chi connectivity index (χ4v) is 4.87. The maximum absolute atomic E-state index is 12.3. The monoisotopic (exact) mass is 384 g/mol. The number of hydrogen-bond donors (Lipinski definition) is 2. The molecule has 1 fully saturated rings. The van der Waals surface area contributed by atoms with Crippen LogP contribution in [0.5, 0.6) is 11.5 Å². The van der Waals surface area contributed by atoms with Crippen molar-refractivity contribution in [3.63, 3.8) is 0 Å². The first-order valence-corrected chi connectivity index (χ1v) is 10.4. The third-order valence-corrected chi connectivity index (χ3v) is 6.32. The van der Waals surface area contributed by atoms with Gasteiger partial charge >= 0.3 is 0 Å². The van der Waals surface area contributed by atoms with Gasteiger partial charge in [0.05, 0.1) is 25.3 Å². The molecule has 1 unspecified atom stereocenters. The Morgan fingerprint density at radius 3 is 3.00 bits per heavy atom. The van der Waals surface area contributed by atoms with Gasteiger partial charge in [0.2, 0.25) is 0 Å². The number of nitrogens with zero attached hydrogens (tertiary/aromatic N) is 1. The van der Waals surface area contributed by atoms with E-state index in [1.807, 2.05) is 17.5 Å². The Bertz CT molecular complexity index is 1030. The number of benzene rings is 1. The van der Waals surface area contributed by atoms with Crippen molar-refractivity contribution in [3.8, 4) is 11.5 Å². The van der Waals surface area contributed by atoms with Crippen LogP contribution in [-0.4, -0.2) is 29.7 Å². The first kappa shape index (κ1) is 16.8. The summed E-state index contributed by atoms with van der Waals surface area (Å²) in [5, 5.41) is 1.92. The standard InChI is InChI=1S/C20H21N3O3S/c24-20-19-14(6-10-27-19)21-18(22-20)12-23-7-1-3-15(23)13-4-5-16-17(11-13)26-9-2-8-25-16/h4-6,10-11,15H,1-3,7-9,12H2,(H,21,22,24)/p+1/t15-/m1/s1. The Balaban J connectivity index is 1.41. The van der Waals surface area contributed by atoms with Crippen molar-refractivity contribution in [2.24, 2.45) is 0 Å². The van der Waals surface area contributed by atoms with Crippen LogP contribution in [-0.2, 0) is 6.54 Å². The summed E-state index contributed by atoms with van der Waals surface area (Å²) in [6.07, 6.45) is 3.20. The van der Waals surface area contributed by atoms with Gasteiger partial charge in [0.1, 0.15) is 17.3 Å². The number of fused-ring (bicyclic) bond motifs is 2. The molecule has 7 heteroatoms. The number of hydrogen-bond acceptors (Lipinski definition) is 5. The fourth-order valence-electron chi connectivity index (χ4n) is 4.14. The molecule has 0 saturated carbocycles. The topological polar surface area (TPSA) is 68.7 Å². The van der Waals surface area contributed by atoms with E-state index in [2.05, 4.69) is 22.1 Å². The zero-order valence-corrected chi connectivity index (χ0v) is 15.8. The molecular formula is C20H22N3O3S+. The number of aromatic amines is 1. The van der Waals surface area contributed by atoms with Crippen LogP contribution in [0.4, 0.5) is 0 Å². The molecule has 2 aliphatic rings. The largest absolute Gasteiger partial charge is 0.490 e. The first-order valence-electron chi connectivity index (χ1n) is 9.48. The lowest BCUT2D eigenvalue weighted by atomic mass is 10.0. The van der Waals surface area contributed by atoms with Gasteiger partial charge in [-0.25, -0.2) is 4.98 Å². The molecule has 0 spiro atoms. The van der Waals surface area contributed by atoms with Crippen molar-refractivity contribution >= 4 is 21.6 Å². The third kappa shape index (κ3) is 3.21. The van der Waals surface area contributed by atoms with E-state index >= 15 is 0 Å². The molecule has 1 saturated heterocycles. The van der Waals surface area contributed by atoms with Crippen molar-refractivity contribution in [1.82, 2.24) is 9.97 Å². The van der Waals surface area contributed by atoms with E-state index in [4.69, 9.17) is 9.47 Å². The fraction of sp³-hybridized carbons (Fsp3) is 0.400. The van der Waals surface area contributed by atoms with Crippen LogP contribution in [0.1, 0.15) is 36.7 Å². The van der Waals surface area contributed by atoms with Gasteiger partial charge in [-0.3, -0.25) is 4.79 Å². The predicted octanol–water partition coefficient (Wildman–Crippen LogP) is 2.07. The highest BCUT2D eigenvalue weighted by molar-refractivity contribution is 7.17. The molecule has 2 N–H and O–H groups in total. The minimum absolute atomic E-state index is 0.0317. The number of likely N-dealkylation sites (tertiary alicyclic amines) is 1. The average molecular weight is 384 g/mol. The Hall–Kier alpha value is -2.38. The van der Waals surface area contributed by atoms with Gasteiger partial charge in [-0.1, -0.05) is 0 Å². The number of nitrogens with one attached hydrogen (secondary N) is 2. The summed E-state index contributed by atoms with van der Waals surface area (Å²) in [6, 6.07) is 8.62. The molecule has 4 heterocycles. The Morgan fingerprint density at radius 1 is 1.19 bits per heavy atom. The van der Waals surface area contributed by atoms with E-state index in [9.17, 15) is 4.79 Å². The number of thiophene rings is 1. The summed E-state index contributed by atoms with van der Waals surface area (Å²) in [5.74, 6) is 2.45. The highest BCUT2D eigenvalue weighted by Gasteiger charge is 2.31. The quantitative estimate of drug-likeness (QED) is 0.725. The number of aromatic nitrogens is 2. The molecule has 1 aromatic carbocycles. The van der Waals surface area contributed by atoms with Crippen molar-refractivity contribution < 1.29 is 14.4 Å². The van der Waals surface area contributed by atoms with Gasteiger partial charge in [-0.15, -0.1) is 11.3 Å². The second-order valence-electron chi connectivity index (χ2n) is 7.18. The average Bonchev–Trinajstić information content (AvgIpc) is 3.26. The molecule has 0 amide bonds. The number of rotatable bonds is 3. The van der Waals surface area contributed by atoms with Crippen molar-refractivity contribution in [3.05, 3.63) is 51.4 Å². The van der Waals surface area contributed by atoms with E-state index in [-0.39, 0.29) is 5.56 Å². The SMILES string of the molecule is O=c1[nH]c(C[NH+]2CCC[C@@H]2c2ccc3c(c2)OCCCO3)nc2ccsc12. The Labute approximate surface area is 160 Å². The van der Waals surface area contributed by atoms with Crippen LogP contribution < -0.4 is 19.9 Å². The van der Waals surface area contributed by atoms with Crippen LogP contribution in [0.15, 0.2) is 34.4 Å². The predicted molar refractivity (Wildman–Crippen MR) is 104 cm³/mol. The van der Waals surface area contributed by atoms with Gasteiger partial charge in [0, 0.05) is 24.8 Å². The molecule has 27 heavy (non-hydrogen) atoms. The Morgan fingerprint density at radius 2 is 2.07 bits per heavy atom. The summed E-state index contributed by atoms with van der Waals surface area (Å²) in [5.41, 5.74) is 2.03. The van der Waals surface area contributed by atoms with Gasteiger partial charge in [-0.2, -0.15) is 0 Å². The highest BCUT2D eigenvalue weighted by Crippen LogP contribution is 2.33. The third-order valence-electron chi connectivity index (χ3n) is 5.42. The van der Waals surface area contributed by atoms with Crippen molar-refractivity contribution in [1.29, 1.82) is 0 Å². The first-order chi connectivity index (χ1) is 13.3. The Kier molecular flexibility index (Phi) is 4.33. The number of quaternary nitrogens is 1. The van der Waals surface area contributed by atoms with Crippen molar-refractivity contribution in [2.45, 2.75) is 31.8 Å². The molecule has 2 aromatic heterocycles. The molecule has 2 atom stereocenters. The normalized spacial score (nSPS) is 22.1. The van der Waals surface area contributed by atoms with Crippen LogP contribution in [0, 0.1) is 0 Å². The van der Waals surface area contributed by atoms with E-state index in [0.717, 1.165) is 48.8 Å². The molecular weight excluding hydrogens is 362 g/mol. The summed E-state index contributed by atoms with van der Waals surface area (Å²) in [6.45, 7) is 3.20. The van der Waals surface area contributed by atoms with Crippen LogP contribution in [0.2, 0.25) is 0 Å². The summed E-state index contributed by atoms with van der Waals surface area (Å²) >= 11 is 1.44. The molecule has 3 aromatic rings. The van der Waals surface area contributed by atoms with E-state index in [0.29, 0.717) is 24.0 Å². The molecule has 0 aliphatic carbocycles. The molecule has 140 valence electrons. The maximum atomic E-state index is 12.3. The maximum Gasteiger partial charge on any atom is 0.269 e. The van der Waals surface area contributed by atoms with Gasteiger partial charge in [0.15, 0.2) is 17.3 Å². The number of ether oxygens (including phenoxy) is 2. The highest BCUT2D eigenvalue weighted by atomic mass is 32.1. The minimum atomic E-state index is -0.0317. The van der Waals surface area contributed by atoms with E-state index in [1.165, 1.54) is 28.2 Å². The lowest BCUT2D eigenvalue weighted by Crippen LogP contribution is -3.09.